The molecule has 160 valence electrons. The molecule has 0 radical (unpaired) electrons. The summed E-state index contributed by atoms with van der Waals surface area (Å²) in [6.07, 6.45) is 0. The Balaban J connectivity index is 1.99. The summed E-state index contributed by atoms with van der Waals surface area (Å²) < 4.78 is 27.0. The van der Waals surface area contributed by atoms with Crippen LogP contribution >= 0.6 is 0 Å². The Labute approximate surface area is 183 Å². The SMILES string of the molecule is Nc1[nH]c(C(=O)c2ccccc2)c(-c2ccc([N+](=O)[O-])cc2)c1S(=O)(=O)c1ccccc1. The Morgan fingerprint density at radius 3 is 2.00 bits per heavy atom. The Morgan fingerprint density at radius 1 is 0.875 bits per heavy atom. The summed E-state index contributed by atoms with van der Waals surface area (Å²) in [4.78, 5) is 26.2. The van der Waals surface area contributed by atoms with Crippen LogP contribution in [-0.2, 0) is 9.84 Å². The minimum atomic E-state index is -4.11. The van der Waals surface area contributed by atoms with Crippen LogP contribution in [0, 0.1) is 10.1 Å². The molecule has 8 nitrogen and oxygen atoms in total. The van der Waals surface area contributed by atoms with Crippen LogP contribution in [0.3, 0.4) is 0 Å². The zero-order valence-corrected chi connectivity index (χ0v) is 17.4. The molecule has 0 unspecified atom stereocenters. The predicted octanol–water partition coefficient (Wildman–Crippen LogP) is 4.24. The fraction of sp³-hybridized carbons (Fsp3) is 0. The summed E-state index contributed by atoms with van der Waals surface area (Å²) in [5.74, 6) is -0.651. The van der Waals surface area contributed by atoms with Crippen LogP contribution in [0.15, 0.2) is 94.7 Å². The third kappa shape index (κ3) is 3.65. The molecule has 1 aromatic heterocycles. The highest BCUT2D eigenvalue weighted by Crippen LogP contribution is 2.39. The number of rotatable bonds is 6. The second kappa shape index (κ2) is 8.12. The molecule has 4 rings (SSSR count). The first kappa shape index (κ1) is 21.0. The molecule has 0 amide bonds. The first-order chi connectivity index (χ1) is 15.3. The lowest BCUT2D eigenvalue weighted by Gasteiger charge is -2.09. The van der Waals surface area contributed by atoms with Crippen LogP contribution in [0.1, 0.15) is 16.1 Å². The van der Waals surface area contributed by atoms with Gasteiger partial charge in [0.1, 0.15) is 10.7 Å². The van der Waals surface area contributed by atoms with Crippen molar-refractivity contribution in [2.75, 3.05) is 5.73 Å². The molecule has 0 aliphatic carbocycles. The van der Waals surface area contributed by atoms with E-state index in [1.165, 1.54) is 36.4 Å². The number of hydrogen-bond donors (Lipinski definition) is 2. The minimum Gasteiger partial charge on any atom is -0.384 e. The van der Waals surface area contributed by atoms with Gasteiger partial charge in [0, 0.05) is 23.3 Å². The Kier molecular flexibility index (Phi) is 5.33. The van der Waals surface area contributed by atoms with Gasteiger partial charge < -0.3 is 10.7 Å². The summed E-state index contributed by atoms with van der Waals surface area (Å²) in [5, 5.41) is 11.1. The van der Waals surface area contributed by atoms with Crippen LogP contribution in [0.5, 0.6) is 0 Å². The van der Waals surface area contributed by atoms with E-state index >= 15 is 0 Å². The van der Waals surface area contributed by atoms with E-state index < -0.39 is 20.5 Å². The number of nitrogens with zero attached hydrogens (tertiary/aromatic N) is 1. The third-order valence-corrected chi connectivity index (χ3v) is 6.79. The number of anilines is 1. The van der Waals surface area contributed by atoms with Crippen molar-refractivity contribution in [2.45, 2.75) is 9.79 Å². The van der Waals surface area contributed by atoms with Gasteiger partial charge >= 0.3 is 0 Å². The largest absolute Gasteiger partial charge is 0.384 e. The Bertz CT molecular complexity index is 1410. The summed E-state index contributed by atoms with van der Waals surface area (Å²) in [5.41, 5.74) is 6.62. The van der Waals surface area contributed by atoms with Crippen LogP contribution in [0.4, 0.5) is 11.5 Å². The van der Waals surface area contributed by atoms with Gasteiger partial charge in [-0.05, 0) is 29.8 Å². The van der Waals surface area contributed by atoms with E-state index in [0.29, 0.717) is 11.1 Å². The Hall–Kier alpha value is -4.24. The molecule has 0 saturated heterocycles. The first-order valence-electron chi connectivity index (χ1n) is 9.47. The van der Waals surface area contributed by atoms with Gasteiger partial charge in [-0.2, -0.15) is 0 Å². The van der Waals surface area contributed by atoms with Crippen molar-refractivity contribution >= 4 is 27.1 Å². The highest BCUT2D eigenvalue weighted by molar-refractivity contribution is 7.91. The molecule has 1 heterocycles. The number of hydrogen-bond acceptors (Lipinski definition) is 6. The van der Waals surface area contributed by atoms with Gasteiger partial charge in [-0.15, -0.1) is 0 Å². The second-order valence-electron chi connectivity index (χ2n) is 6.93. The molecular weight excluding hydrogens is 430 g/mol. The summed E-state index contributed by atoms with van der Waals surface area (Å²) in [6.45, 7) is 0. The normalized spacial score (nSPS) is 11.2. The van der Waals surface area contributed by atoms with Gasteiger partial charge in [0.2, 0.25) is 15.6 Å². The molecule has 0 saturated carbocycles. The fourth-order valence-corrected chi connectivity index (χ4v) is 5.01. The van der Waals surface area contributed by atoms with E-state index in [9.17, 15) is 23.3 Å². The van der Waals surface area contributed by atoms with E-state index in [4.69, 9.17) is 5.73 Å². The molecular formula is C23H17N3O5S. The fourth-order valence-electron chi connectivity index (χ4n) is 3.43. The lowest BCUT2D eigenvalue weighted by atomic mass is 10.00. The standard InChI is InChI=1S/C23H17N3O5S/c24-23-22(32(30,31)18-9-5-2-6-10-18)19(15-11-13-17(14-12-15)26(28)29)20(25-23)21(27)16-7-3-1-4-8-16/h1-14,25H,24H2. The molecule has 32 heavy (non-hydrogen) atoms. The number of H-pyrrole nitrogens is 1. The summed E-state index contributed by atoms with van der Waals surface area (Å²) in [6, 6.07) is 21.3. The Morgan fingerprint density at radius 2 is 1.44 bits per heavy atom. The van der Waals surface area contributed by atoms with Crippen molar-refractivity contribution in [3.63, 3.8) is 0 Å². The number of benzene rings is 3. The average Bonchev–Trinajstić information content (AvgIpc) is 3.17. The van der Waals surface area contributed by atoms with Crippen LogP contribution < -0.4 is 5.73 Å². The summed E-state index contributed by atoms with van der Waals surface area (Å²) >= 11 is 0. The monoisotopic (exact) mass is 447 g/mol. The maximum atomic E-state index is 13.5. The number of carbonyl (C=O) groups is 1. The molecule has 3 N–H and O–H groups in total. The van der Waals surface area contributed by atoms with Crippen LogP contribution in [0.2, 0.25) is 0 Å². The third-order valence-electron chi connectivity index (χ3n) is 4.93. The highest BCUT2D eigenvalue weighted by Gasteiger charge is 2.32. The van der Waals surface area contributed by atoms with Gasteiger partial charge in [-0.3, -0.25) is 14.9 Å². The zero-order chi connectivity index (χ0) is 22.9. The lowest BCUT2D eigenvalue weighted by molar-refractivity contribution is -0.384. The van der Waals surface area contributed by atoms with Crippen LogP contribution in [-0.4, -0.2) is 24.1 Å². The molecule has 9 heteroatoms. The van der Waals surface area contributed by atoms with Crippen molar-refractivity contribution in [1.82, 2.24) is 4.98 Å². The predicted molar refractivity (Wildman–Crippen MR) is 119 cm³/mol. The topological polar surface area (TPSA) is 136 Å². The molecule has 0 fully saturated rings. The van der Waals surface area contributed by atoms with Crippen molar-refractivity contribution in [2.24, 2.45) is 0 Å². The van der Waals surface area contributed by atoms with Gasteiger partial charge in [0.25, 0.3) is 5.69 Å². The number of ketones is 1. The van der Waals surface area contributed by atoms with Gasteiger partial charge in [0.05, 0.1) is 15.5 Å². The number of sulfone groups is 1. The number of non-ortho nitro benzene ring substituents is 1. The maximum Gasteiger partial charge on any atom is 0.269 e. The molecule has 4 aromatic rings. The van der Waals surface area contributed by atoms with Gasteiger partial charge in [-0.1, -0.05) is 48.5 Å². The van der Waals surface area contributed by atoms with Crippen molar-refractivity contribution in [3.8, 4) is 11.1 Å². The van der Waals surface area contributed by atoms with Crippen molar-refractivity contribution in [1.29, 1.82) is 0 Å². The highest BCUT2D eigenvalue weighted by atomic mass is 32.2. The number of aromatic amines is 1. The average molecular weight is 447 g/mol. The van der Waals surface area contributed by atoms with E-state index in [-0.39, 0.29) is 32.6 Å². The molecule has 0 bridgehead atoms. The number of aromatic nitrogens is 1. The van der Waals surface area contributed by atoms with E-state index in [1.54, 1.807) is 48.5 Å². The maximum absolute atomic E-state index is 13.5. The number of nitro benzene ring substituents is 1. The number of nitrogen functional groups attached to an aromatic ring is 1. The smallest absolute Gasteiger partial charge is 0.269 e. The van der Waals surface area contributed by atoms with E-state index in [0.717, 1.165) is 0 Å². The van der Waals surface area contributed by atoms with Crippen molar-refractivity contribution < 1.29 is 18.1 Å². The van der Waals surface area contributed by atoms with Crippen LogP contribution in [0.25, 0.3) is 11.1 Å². The number of nitrogens with one attached hydrogen (secondary N) is 1. The molecule has 3 aromatic carbocycles. The number of nitrogens with two attached hydrogens (primary N) is 1. The minimum absolute atomic E-state index is 0.00701. The molecule has 0 spiro atoms. The van der Waals surface area contributed by atoms with E-state index in [2.05, 4.69) is 4.98 Å². The van der Waals surface area contributed by atoms with Gasteiger partial charge in [-0.25, -0.2) is 8.42 Å². The molecule has 0 aliphatic heterocycles. The zero-order valence-electron chi connectivity index (χ0n) is 16.6. The van der Waals surface area contributed by atoms with E-state index in [1.807, 2.05) is 0 Å². The molecule has 0 aliphatic rings. The summed E-state index contributed by atoms with van der Waals surface area (Å²) in [7, 11) is -4.11. The molecule has 0 atom stereocenters. The van der Waals surface area contributed by atoms with Crippen molar-refractivity contribution in [3.05, 3.63) is 106 Å². The number of carbonyl (C=O) groups excluding carboxylic acids is 1. The first-order valence-corrected chi connectivity index (χ1v) is 10.9. The quantitative estimate of drug-likeness (QED) is 0.258. The van der Waals surface area contributed by atoms with Gasteiger partial charge in [0.15, 0.2) is 0 Å². The second-order valence-corrected chi connectivity index (χ2v) is 8.82. The number of nitro groups is 1. The lowest BCUT2D eigenvalue weighted by Crippen LogP contribution is -2.07.